The molecule has 1 aliphatic heterocycles. The van der Waals surface area contributed by atoms with E-state index in [1.807, 2.05) is 6.07 Å². The van der Waals surface area contributed by atoms with Crippen LogP contribution in [-0.2, 0) is 10.0 Å². The number of benzene rings is 1. The highest BCUT2D eigenvalue weighted by atomic mass is 32.2. The molecule has 17 heavy (non-hydrogen) atoms. The summed E-state index contributed by atoms with van der Waals surface area (Å²) in [6.07, 6.45) is 0. The van der Waals surface area contributed by atoms with Gasteiger partial charge in [0.2, 0.25) is 10.0 Å². The van der Waals surface area contributed by atoms with Crippen molar-refractivity contribution in [2.75, 3.05) is 25.0 Å². The van der Waals surface area contributed by atoms with Crippen LogP contribution in [0.4, 0.5) is 5.69 Å². The first-order chi connectivity index (χ1) is 8.13. The molecule has 5 nitrogen and oxygen atoms in total. The summed E-state index contributed by atoms with van der Waals surface area (Å²) < 4.78 is 26.5. The maximum Gasteiger partial charge on any atom is 0.242 e. The van der Waals surface area contributed by atoms with Gasteiger partial charge in [-0.1, -0.05) is 19.1 Å². The Morgan fingerprint density at radius 3 is 2.65 bits per heavy atom. The molecule has 94 valence electrons. The fourth-order valence-corrected chi connectivity index (χ4v) is 2.91. The fraction of sp³-hybridized carbons (Fsp3) is 0.455. The molecule has 2 rings (SSSR count). The fourth-order valence-electron chi connectivity index (χ4n) is 1.70. The summed E-state index contributed by atoms with van der Waals surface area (Å²) in [4.78, 5) is 0.314. The zero-order valence-corrected chi connectivity index (χ0v) is 10.5. The molecular formula is C11H17N3O2S. The number of hydrogen-bond donors (Lipinski definition) is 3. The van der Waals surface area contributed by atoms with Crippen LogP contribution in [0.2, 0.25) is 0 Å². The molecule has 0 unspecified atom stereocenters. The highest BCUT2D eigenvalue weighted by Gasteiger charge is 2.21. The van der Waals surface area contributed by atoms with Crippen molar-refractivity contribution < 1.29 is 8.42 Å². The van der Waals surface area contributed by atoms with Gasteiger partial charge >= 0.3 is 0 Å². The van der Waals surface area contributed by atoms with E-state index in [4.69, 9.17) is 0 Å². The van der Waals surface area contributed by atoms with Crippen molar-refractivity contribution in [3.63, 3.8) is 0 Å². The van der Waals surface area contributed by atoms with Crippen molar-refractivity contribution in [1.82, 2.24) is 10.0 Å². The molecule has 0 spiro atoms. The molecule has 6 heteroatoms. The molecule has 1 heterocycles. The normalized spacial score (nSPS) is 16.5. The van der Waals surface area contributed by atoms with E-state index in [9.17, 15) is 8.42 Å². The van der Waals surface area contributed by atoms with Gasteiger partial charge in [-0.25, -0.2) is 13.1 Å². The van der Waals surface area contributed by atoms with Crippen molar-refractivity contribution in [3.8, 4) is 0 Å². The predicted molar refractivity (Wildman–Crippen MR) is 67.6 cm³/mol. The van der Waals surface area contributed by atoms with Crippen LogP contribution in [0.15, 0.2) is 29.2 Å². The minimum atomic E-state index is -3.40. The Morgan fingerprint density at radius 1 is 1.35 bits per heavy atom. The van der Waals surface area contributed by atoms with Crippen molar-refractivity contribution >= 4 is 15.7 Å². The molecular weight excluding hydrogens is 238 g/mol. The summed E-state index contributed by atoms with van der Waals surface area (Å²) in [5, 5.41) is 6.37. The van der Waals surface area contributed by atoms with Gasteiger partial charge in [-0.15, -0.1) is 0 Å². The summed E-state index contributed by atoms with van der Waals surface area (Å²) in [7, 11) is -3.40. The van der Waals surface area contributed by atoms with Gasteiger partial charge in [-0.05, 0) is 12.1 Å². The topological polar surface area (TPSA) is 70.2 Å². The summed E-state index contributed by atoms with van der Waals surface area (Å²) >= 11 is 0. The Kier molecular flexibility index (Phi) is 3.66. The second kappa shape index (κ2) is 5.03. The van der Waals surface area contributed by atoms with Crippen LogP contribution in [0, 0.1) is 0 Å². The molecule has 1 aliphatic rings. The molecule has 0 amide bonds. The third-order valence-electron chi connectivity index (χ3n) is 2.65. The second-order valence-corrected chi connectivity index (χ2v) is 5.73. The molecule has 0 atom stereocenters. The van der Waals surface area contributed by atoms with Gasteiger partial charge < -0.3 is 10.6 Å². The Labute approximate surface area is 102 Å². The standard InChI is InChI=1S/C11H17N3O2S/c1-2-13-17(15,16)11-6-4-3-5-10(11)14-9-7-12-8-9/h3-6,9,12-14H,2,7-8H2,1H3. The summed E-state index contributed by atoms with van der Waals surface area (Å²) in [6.45, 7) is 3.90. The lowest BCUT2D eigenvalue weighted by molar-refractivity contribution is 0.471. The average molecular weight is 255 g/mol. The van der Waals surface area contributed by atoms with Crippen molar-refractivity contribution in [2.24, 2.45) is 0 Å². The molecule has 1 aromatic carbocycles. The molecule has 1 aromatic rings. The highest BCUT2D eigenvalue weighted by molar-refractivity contribution is 7.89. The molecule has 0 bridgehead atoms. The number of nitrogens with one attached hydrogen (secondary N) is 3. The first-order valence-corrected chi connectivity index (χ1v) is 7.18. The van der Waals surface area contributed by atoms with E-state index < -0.39 is 10.0 Å². The van der Waals surface area contributed by atoms with Crippen LogP contribution in [0.5, 0.6) is 0 Å². The van der Waals surface area contributed by atoms with E-state index in [0.717, 1.165) is 13.1 Å². The summed E-state index contributed by atoms with van der Waals surface area (Å²) in [5.74, 6) is 0. The van der Waals surface area contributed by atoms with Gasteiger partial charge in [0.15, 0.2) is 0 Å². The Hall–Kier alpha value is -1.11. The van der Waals surface area contributed by atoms with E-state index in [1.165, 1.54) is 0 Å². The van der Waals surface area contributed by atoms with Crippen LogP contribution >= 0.6 is 0 Å². The average Bonchev–Trinajstić information content (AvgIpc) is 2.24. The second-order valence-electron chi connectivity index (χ2n) is 4.00. The van der Waals surface area contributed by atoms with Crippen LogP contribution in [0.25, 0.3) is 0 Å². The SMILES string of the molecule is CCNS(=O)(=O)c1ccccc1NC1CNC1. The van der Waals surface area contributed by atoms with Gasteiger partial charge in [0.25, 0.3) is 0 Å². The third-order valence-corrected chi connectivity index (χ3v) is 4.26. The number of sulfonamides is 1. The van der Waals surface area contributed by atoms with Gasteiger partial charge in [0.1, 0.15) is 4.90 Å². The molecule has 0 aromatic heterocycles. The molecule has 0 aliphatic carbocycles. The lowest BCUT2D eigenvalue weighted by Crippen LogP contribution is -2.51. The Morgan fingerprint density at radius 2 is 2.06 bits per heavy atom. The summed E-state index contributed by atoms with van der Waals surface area (Å²) in [5.41, 5.74) is 0.667. The number of rotatable bonds is 5. The van der Waals surface area contributed by atoms with E-state index in [0.29, 0.717) is 23.2 Å². The first kappa shape index (κ1) is 12.3. The van der Waals surface area contributed by atoms with Crippen molar-refractivity contribution in [1.29, 1.82) is 0 Å². The number of para-hydroxylation sites is 1. The van der Waals surface area contributed by atoms with Crippen LogP contribution in [0.3, 0.4) is 0 Å². The van der Waals surface area contributed by atoms with Crippen LogP contribution < -0.4 is 15.4 Å². The minimum Gasteiger partial charge on any atom is -0.379 e. The van der Waals surface area contributed by atoms with E-state index >= 15 is 0 Å². The third kappa shape index (κ3) is 2.77. The van der Waals surface area contributed by atoms with E-state index in [1.54, 1.807) is 25.1 Å². The monoisotopic (exact) mass is 255 g/mol. The summed E-state index contributed by atoms with van der Waals surface area (Å²) in [6, 6.07) is 7.29. The maximum atomic E-state index is 12.0. The molecule has 1 fully saturated rings. The zero-order valence-electron chi connectivity index (χ0n) is 9.73. The minimum absolute atomic E-state index is 0.313. The van der Waals surface area contributed by atoms with Crippen molar-refractivity contribution in [2.45, 2.75) is 17.9 Å². The first-order valence-electron chi connectivity index (χ1n) is 5.69. The van der Waals surface area contributed by atoms with Gasteiger partial charge in [0.05, 0.1) is 11.7 Å². The quantitative estimate of drug-likeness (QED) is 0.711. The Bertz CT molecular complexity index is 483. The maximum absolute atomic E-state index is 12.0. The highest BCUT2D eigenvalue weighted by Crippen LogP contribution is 2.21. The zero-order chi connectivity index (χ0) is 12.3. The molecule has 1 saturated heterocycles. The smallest absolute Gasteiger partial charge is 0.242 e. The van der Waals surface area contributed by atoms with Gasteiger partial charge in [-0.2, -0.15) is 0 Å². The van der Waals surface area contributed by atoms with Crippen molar-refractivity contribution in [3.05, 3.63) is 24.3 Å². The molecule has 0 radical (unpaired) electrons. The van der Waals surface area contributed by atoms with Crippen LogP contribution in [0.1, 0.15) is 6.92 Å². The number of anilines is 1. The van der Waals surface area contributed by atoms with E-state index in [-0.39, 0.29) is 0 Å². The van der Waals surface area contributed by atoms with E-state index in [2.05, 4.69) is 15.4 Å². The van der Waals surface area contributed by atoms with Gasteiger partial charge in [-0.3, -0.25) is 0 Å². The molecule has 3 N–H and O–H groups in total. The number of hydrogen-bond acceptors (Lipinski definition) is 4. The predicted octanol–water partition coefficient (Wildman–Crippen LogP) is 0.368. The lowest BCUT2D eigenvalue weighted by Gasteiger charge is -2.29. The van der Waals surface area contributed by atoms with Crippen LogP contribution in [-0.4, -0.2) is 34.1 Å². The lowest BCUT2D eigenvalue weighted by atomic mass is 10.1. The Balaban J connectivity index is 2.26. The largest absolute Gasteiger partial charge is 0.379 e. The van der Waals surface area contributed by atoms with Gasteiger partial charge in [0, 0.05) is 19.6 Å². The molecule has 0 saturated carbocycles.